The van der Waals surface area contributed by atoms with E-state index in [0.717, 1.165) is 29.0 Å². The van der Waals surface area contributed by atoms with Crippen LogP contribution in [0.25, 0.3) is 10.9 Å². The van der Waals surface area contributed by atoms with Gasteiger partial charge in [0.05, 0.1) is 6.10 Å². The average Bonchev–Trinajstić information content (AvgIpc) is 2.85. The molecule has 0 radical (unpaired) electrons. The van der Waals surface area contributed by atoms with Gasteiger partial charge in [-0.1, -0.05) is 23.9 Å². The Kier molecular flexibility index (Phi) is 4.59. The van der Waals surface area contributed by atoms with Crippen molar-refractivity contribution in [3.8, 4) is 0 Å². The number of hydrogen-bond donors (Lipinski definition) is 3. The molecule has 2 unspecified atom stereocenters. The van der Waals surface area contributed by atoms with Gasteiger partial charge >= 0.3 is 0 Å². The van der Waals surface area contributed by atoms with Gasteiger partial charge in [-0.2, -0.15) is 0 Å². The topological polar surface area (TPSA) is 90.4 Å². The van der Waals surface area contributed by atoms with Crippen LogP contribution in [0.4, 0.5) is 0 Å². The first kappa shape index (κ1) is 14.8. The van der Waals surface area contributed by atoms with E-state index in [1.54, 1.807) is 24.4 Å². The molecule has 106 valence electrons. The normalized spacial score (nSPS) is 14.2. The molecule has 1 aromatic heterocycles. The Labute approximate surface area is 120 Å². The molecule has 6 heteroatoms. The summed E-state index contributed by atoms with van der Waals surface area (Å²) >= 11 is 0.971. The van der Waals surface area contributed by atoms with Gasteiger partial charge in [-0.3, -0.25) is 9.59 Å². The molecule has 1 aromatic carbocycles. The summed E-state index contributed by atoms with van der Waals surface area (Å²) in [6.45, 7) is 1.41. The Morgan fingerprint density at radius 1 is 1.45 bits per heavy atom. The van der Waals surface area contributed by atoms with E-state index >= 15 is 0 Å². The molecule has 0 saturated heterocycles. The number of aliphatic hydroxyl groups is 2. The lowest BCUT2D eigenvalue weighted by atomic mass is 10.0. The maximum absolute atomic E-state index is 10.9. The number of hydrogen-bond acceptors (Lipinski definition) is 5. The fraction of sp³-hybridized carbons (Fsp3) is 0.286. The molecule has 0 spiro atoms. The molecule has 5 nitrogen and oxygen atoms in total. The van der Waals surface area contributed by atoms with Crippen molar-refractivity contribution in [2.75, 3.05) is 5.75 Å². The van der Waals surface area contributed by atoms with Crippen LogP contribution in [0.5, 0.6) is 0 Å². The monoisotopic (exact) mass is 293 g/mol. The predicted molar refractivity (Wildman–Crippen MR) is 77.8 cm³/mol. The molecule has 2 aromatic rings. The van der Waals surface area contributed by atoms with Crippen LogP contribution in [0, 0.1) is 0 Å². The summed E-state index contributed by atoms with van der Waals surface area (Å²) in [7, 11) is 0. The molecule has 0 fully saturated rings. The van der Waals surface area contributed by atoms with Crippen LogP contribution >= 0.6 is 11.8 Å². The molecule has 0 aliphatic carbocycles. The quantitative estimate of drug-likeness (QED) is 0.729. The minimum Gasteiger partial charge on any atom is -0.389 e. The zero-order valence-corrected chi connectivity index (χ0v) is 11.7. The third-order valence-electron chi connectivity index (χ3n) is 3.03. The van der Waals surface area contributed by atoms with Crippen molar-refractivity contribution in [3.05, 3.63) is 35.5 Å². The van der Waals surface area contributed by atoms with Gasteiger partial charge in [0.1, 0.15) is 6.10 Å². The number of carbonyl (C=O) groups excluding carboxylic acids is 2. The van der Waals surface area contributed by atoms with E-state index in [-0.39, 0.29) is 10.9 Å². The molecule has 3 N–H and O–H groups in total. The lowest BCUT2D eigenvalue weighted by Gasteiger charge is -2.17. The number of thioether (sulfide) groups is 1. The van der Waals surface area contributed by atoms with E-state index in [2.05, 4.69) is 4.98 Å². The molecular weight excluding hydrogens is 278 g/mol. The summed E-state index contributed by atoms with van der Waals surface area (Å²) in [5.74, 6) is 0.138. The molecule has 20 heavy (non-hydrogen) atoms. The number of benzene rings is 1. The van der Waals surface area contributed by atoms with Gasteiger partial charge in [0.25, 0.3) is 0 Å². The summed E-state index contributed by atoms with van der Waals surface area (Å²) < 4.78 is 0. The van der Waals surface area contributed by atoms with Crippen molar-refractivity contribution in [3.63, 3.8) is 0 Å². The first-order chi connectivity index (χ1) is 9.52. The minimum absolute atomic E-state index is 0.105. The minimum atomic E-state index is -1.07. The van der Waals surface area contributed by atoms with E-state index in [4.69, 9.17) is 0 Å². The lowest BCUT2D eigenvalue weighted by Crippen LogP contribution is -2.21. The molecule has 0 amide bonds. The molecule has 2 rings (SSSR count). The fourth-order valence-corrected chi connectivity index (χ4v) is 2.55. The highest BCUT2D eigenvalue weighted by molar-refractivity contribution is 8.13. The molecular formula is C14H15NO4S. The number of aliphatic hydroxyl groups excluding tert-OH is 2. The summed E-state index contributed by atoms with van der Waals surface area (Å²) in [5, 5.41) is 20.6. The van der Waals surface area contributed by atoms with Crippen molar-refractivity contribution in [1.29, 1.82) is 0 Å². The smallest absolute Gasteiger partial charge is 0.185 e. The lowest BCUT2D eigenvalue weighted by molar-refractivity contribution is -0.109. The van der Waals surface area contributed by atoms with Crippen LogP contribution in [0.15, 0.2) is 24.4 Å². The highest BCUT2D eigenvalue weighted by atomic mass is 32.2. The van der Waals surface area contributed by atoms with Gasteiger partial charge < -0.3 is 15.2 Å². The number of nitrogens with one attached hydrogen (secondary N) is 1. The highest BCUT2D eigenvalue weighted by Gasteiger charge is 2.19. The predicted octanol–water partition coefficient (Wildman–Crippen LogP) is 1.65. The Morgan fingerprint density at radius 2 is 2.20 bits per heavy atom. The van der Waals surface area contributed by atoms with E-state index in [9.17, 15) is 19.8 Å². The van der Waals surface area contributed by atoms with Crippen LogP contribution in [0.1, 0.15) is 28.9 Å². The zero-order valence-electron chi connectivity index (χ0n) is 10.9. The summed E-state index contributed by atoms with van der Waals surface area (Å²) in [6.07, 6.45) is 0.249. The van der Waals surface area contributed by atoms with Crippen LogP contribution in [0.2, 0.25) is 0 Å². The van der Waals surface area contributed by atoms with Crippen molar-refractivity contribution < 1.29 is 19.8 Å². The van der Waals surface area contributed by atoms with E-state index < -0.39 is 12.2 Å². The third kappa shape index (κ3) is 3.09. The van der Waals surface area contributed by atoms with Crippen molar-refractivity contribution >= 4 is 34.1 Å². The number of rotatable bonds is 5. The number of H-pyrrole nitrogens is 1. The molecule has 1 heterocycles. The van der Waals surface area contributed by atoms with Gasteiger partial charge in [-0.15, -0.1) is 0 Å². The number of aromatic amines is 1. The number of fused-ring (bicyclic) bond motifs is 1. The molecule has 0 aliphatic heterocycles. The number of aromatic nitrogens is 1. The zero-order chi connectivity index (χ0) is 14.7. The summed E-state index contributed by atoms with van der Waals surface area (Å²) in [5.41, 5.74) is 1.80. The summed E-state index contributed by atoms with van der Waals surface area (Å²) in [4.78, 5) is 24.6. The van der Waals surface area contributed by atoms with E-state index in [1.165, 1.54) is 6.92 Å². The van der Waals surface area contributed by atoms with Gasteiger partial charge in [0.15, 0.2) is 11.4 Å². The Balaban J connectivity index is 2.19. The van der Waals surface area contributed by atoms with E-state index in [0.29, 0.717) is 11.1 Å². The van der Waals surface area contributed by atoms with Crippen molar-refractivity contribution in [1.82, 2.24) is 4.98 Å². The first-order valence-electron chi connectivity index (χ1n) is 6.08. The van der Waals surface area contributed by atoms with Crippen LogP contribution in [-0.4, -0.2) is 38.5 Å². The van der Waals surface area contributed by atoms with Gasteiger partial charge in [0, 0.05) is 35.3 Å². The molecule has 2 atom stereocenters. The maximum Gasteiger partial charge on any atom is 0.185 e. The third-order valence-corrected chi connectivity index (χ3v) is 3.94. The van der Waals surface area contributed by atoms with Gasteiger partial charge in [-0.05, 0) is 11.6 Å². The standard InChI is InChI=1S/C14H15NO4S/c1-8(17)20-7-13(18)14(19)9-2-3-11-10(6-16)5-15-12(11)4-9/h2-6,13-15,18-19H,7H2,1H3. The molecule has 0 saturated carbocycles. The largest absolute Gasteiger partial charge is 0.389 e. The summed E-state index contributed by atoms with van der Waals surface area (Å²) in [6, 6.07) is 5.07. The first-order valence-corrected chi connectivity index (χ1v) is 7.07. The Hall–Kier alpha value is -1.63. The van der Waals surface area contributed by atoms with Crippen LogP contribution in [0.3, 0.4) is 0 Å². The van der Waals surface area contributed by atoms with Gasteiger partial charge in [0.2, 0.25) is 0 Å². The number of aldehydes is 1. The second kappa shape index (κ2) is 6.21. The Morgan fingerprint density at radius 3 is 2.85 bits per heavy atom. The van der Waals surface area contributed by atoms with Crippen LogP contribution < -0.4 is 0 Å². The SMILES string of the molecule is CC(=O)SCC(O)C(O)c1ccc2c(C=O)c[nH]c2c1. The number of carbonyl (C=O) groups is 2. The van der Waals surface area contributed by atoms with Gasteiger partial charge in [-0.25, -0.2) is 0 Å². The highest BCUT2D eigenvalue weighted by Crippen LogP contribution is 2.25. The second-order valence-electron chi connectivity index (χ2n) is 4.48. The average molecular weight is 293 g/mol. The second-order valence-corrected chi connectivity index (χ2v) is 5.68. The van der Waals surface area contributed by atoms with Crippen molar-refractivity contribution in [2.24, 2.45) is 0 Å². The Bertz CT molecular complexity index is 637. The van der Waals surface area contributed by atoms with Crippen LogP contribution in [-0.2, 0) is 4.79 Å². The maximum atomic E-state index is 10.9. The molecule has 0 bridgehead atoms. The molecule has 0 aliphatic rings. The van der Waals surface area contributed by atoms with E-state index in [1.807, 2.05) is 0 Å². The van der Waals surface area contributed by atoms with Crippen molar-refractivity contribution in [2.45, 2.75) is 19.1 Å². The fourth-order valence-electron chi connectivity index (χ4n) is 1.96.